The highest BCUT2D eigenvalue weighted by Gasteiger charge is 2.19. The summed E-state index contributed by atoms with van der Waals surface area (Å²) in [5.74, 6) is 0.882. The largest absolute Gasteiger partial charge is 0.497 e. The quantitative estimate of drug-likeness (QED) is 0.852. The molecule has 1 aliphatic heterocycles. The molecule has 2 aromatic rings. The fraction of sp³-hybridized carbons (Fsp3) is 0.231. The number of hydrogen-bond acceptors (Lipinski definition) is 4. The molecule has 17 heavy (non-hydrogen) atoms. The molecule has 0 saturated carbocycles. The summed E-state index contributed by atoms with van der Waals surface area (Å²) in [5, 5.41) is 9.09. The number of hydrogen-bond donors (Lipinski definition) is 2. The zero-order valence-electron chi connectivity index (χ0n) is 9.57. The summed E-state index contributed by atoms with van der Waals surface area (Å²) in [4.78, 5) is 1.36. The zero-order chi connectivity index (χ0) is 11.7. The molecular weight excluding hydrogens is 232 g/mol. The van der Waals surface area contributed by atoms with E-state index in [1.165, 1.54) is 4.88 Å². The van der Waals surface area contributed by atoms with Crippen molar-refractivity contribution < 1.29 is 4.74 Å². The molecule has 1 aromatic heterocycles. The summed E-state index contributed by atoms with van der Waals surface area (Å²) in [6, 6.07) is 10.7. The highest BCUT2D eigenvalue weighted by molar-refractivity contribution is 7.10. The molecule has 0 spiro atoms. The summed E-state index contributed by atoms with van der Waals surface area (Å²) in [7, 11) is 1.69. The Morgan fingerprint density at radius 2 is 2.24 bits per heavy atom. The van der Waals surface area contributed by atoms with E-state index in [1.807, 2.05) is 12.1 Å². The molecule has 88 valence electrons. The van der Waals surface area contributed by atoms with E-state index >= 15 is 0 Å². The monoisotopic (exact) mass is 246 g/mol. The normalized spacial score (nSPS) is 17.8. The van der Waals surface area contributed by atoms with Gasteiger partial charge in [0, 0.05) is 17.5 Å². The number of anilines is 2. The summed E-state index contributed by atoms with van der Waals surface area (Å²) in [6.45, 7) is 0.903. The Hall–Kier alpha value is -1.68. The van der Waals surface area contributed by atoms with E-state index in [2.05, 4.69) is 34.2 Å². The Balaban J connectivity index is 1.86. The molecule has 1 atom stereocenters. The van der Waals surface area contributed by atoms with Gasteiger partial charge >= 0.3 is 0 Å². The Morgan fingerprint density at radius 3 is 3.00 bits per heavy atom. The molecule has 1 aromatic carbocycles. The standard InChI is InChI=1S/C13H14N2OS/c1-16-9-4-5-10-11(7-9)14-8-12(15-10)13-3-2-6-17-13/h2-7,12,14-15H,8H2,1H3. The van der Waals surface area contributed by atoms with Crippen LogP contribution in [0, 0.1) is 0 Å². The first-order chi connectivity index (χ1) is 8.36. The number of rotatable bonds is 2. The van der Waals surface area contributed by atoms with Gasteiger partial charge in [-0.2, -0.15) is 0 Å². The predicted molar refractivity (Wildman–Crippen MR) is 72.2 cm³/mol. The molecule has 0 fully saturated rings. The lowest BCUT2D eigenvalue weighted by Gasteiger charge is -2.28. The van der Waals surface area contributed by atoms with Crippen LogP contribution >= 0.6 is 11.3 Å². The third-order valence-corrected chi connectivity index (χ3v) is 3.93. The predicted octanol–water partition coefficient (Wildman–Crippen LogP) is 3.34. The van der Waals surface area contributed by atoms with Crippen molar-refractivity contribution in [1.29, 1.82) is 0 Å². The van der Waals surface area contributed by atoms with Crippen molar-refractivity contribution >= 4 is 22.7 Å². The number of nitrogens with one attached hydrogen (secondary N) is 2. The maximum absolute atomic E-state index is 5.21. The molecule has 4 heteroatoms. The molecule has 1 unspecified atom stereocenters. The first-order valence-corrected chi connectivity index (χ1v) is 6.46. The van der Waals surface area contributed by atoms with E-state index < -0.39 is 0 Å². The average Bonchev–Trinajstić information content (AvgIpc) is 2.91. The van der Waals surface area contributed by atoms with Crippen molar-refractivity contribution in [1.82, 2.24) is 0 Å². The van der Waals surface area contributed by atoms with Gasteiger partial charge in [0.25, 0.3) is 0 Å². The third-order valence-electron chi connectivity index (χ3n) is 2.94. The first-order valence-electron chi connectivity index (χ1n) is 5.58. The van der Waals surface area contributed by atoms with Gasteiger partial charge in [-0.3, -0.25) is 0 Å². The maximum Gasteiger partial charge on any atom is 0.121 e. The van der Waals surface area contributed by atoms with E-state index in [9.17, 15) is 0 Å². The lowest BCUT2D eigenvalue weighted by Crippen LogP contribution is -2.25. The van der Waals surface area contributed by atoms with Crippen molar-refractivity contribution in [2.75, 3.05) is 24.3 Å². The van der Waals surface area contributed by atoms with Crippen molar-refractivity contribution in [2.24, 2.45) is 0 Å². The number of methoxy groups -OCH3 is 1. The van der Waals surface area contributed by atoms with Gasteiger partial charge in [-0.1, -0.05) is 6.07 Å². The summed E-state index contributed by atoms with van der Waals surface area (Å²) < 4.78 is 5.21. The first kappa shape index (κ1) is 10.5. The van der Waals surface area contributed by atoms with Gasteiger partial charge in [-0.25, -0.2) is 0 Å². The van der Waals surface area contributed by atoms with Gasteiger partial charge in [-0.15, -0.1) is 11.3 Å². The second-order valence-corrected chi connectivity index (χ2v) is 4.98. The highest BCUT2D eigenvalue weighted by Crippen LogP contribution is 2.35. The summed E-state index contributed by atoms with van der Waals surface area (Å²) in [5.41, 5.74) is 2.24. The van der Waals surface area contributed by atoms with Crippen LogP contribution in [0.1, 0.15) is 10.9 Å². The van der Waals surface area contributed by atoms with E-state index in [-0.39, 0.29) is 0 Å². The smallest absolute Gasteiger partial charge is 0.121 e. The maximum atomic E-state index is 5.21. The molecule has 0 amide bonds. The lowest BCUT2D eigenvalue weighted by molar-refractivity contribution is 0.415. The lowest BCUT2D eigenvalue weighted by atomic mass is 10.1. The number of benzene rings is 1. The van der Waals surface area contributed by atoms with Crippen LogP contribution in [0.15, 0.2) is 35.7 Å². The van der Waals surface area contributed by atoms with Gasteiger partial charge in [0.1, 0.15) is 5.75 Å². The van der Waals surface area contributed by atoms with Gasteiger partial charge in [-0.05, 0) is 23.6 Å². The molecule has 2 N–H and O–H groups in total. The molecule has 0 bridgehead atoms. The Kier molecular flexibility index (Phi) is 2.65. The Bertz CT molecular complexity index is 510. The average molecular weight is 246 g/mol. The van der Waals surface area contributed by atoms with E-state index in [1.54, 1.807) is 18.4 Å². The van der Waals surface area contributed by atoms with E-state index in [4.69, 9.17) is 4.74 Å². The van der Waals surface area contributed by atoms with Gasteiger partial charge in [0.2, 0.25) is 0 Å². The van der Waals surface area contributed by atoms with Gasteiger partial charge in [0.05, 0.1) is 24.5 Å². The van der Waals surface area contributed by atoms with Crippen molar-refractivity contribution in [2.45, 2.75) is 6.04 Å². The SMILES string of the molecule is COc1ccc2c(c1)NCC(c1cccs1)N2. The molecule has 3 nitrogen and oxygen atoms in total. The summed E-state index contributed by atoms with van der Waals surface area (Å²) >= 11 is 1.78. The van der Waals surface area contributed by atoms with Gasteiger partial charge in [0.15, 0.2) is 0 Å². The fourth-order valence-corrected chi connectivity index (χ4v) is 2.81. The van der Waals surface area contributed by atoms with Crippen LogP contribution in [0.2, 0.25) is 0 Å². The molecule has 3 rings (SSSR count). The third kappa shape index (κ3) is 1.96. The van der Waals surface area contributed by atoms with Crippen molar-refractivity contribution in [3.8, 4) is 5.75 Å². The molecule has 0 radical (unpaired) electrons. The minimum Gasteiger partial charge on any atom is -0.497 e. The highest BCUT2D eigenvalue weighted by atomic mass is 32.1. The van der Waals surface area contributed by atoms with Crippen LogP contribution in [-0.2, 0) is 0 Å². The zero-order valence-corrected chi connectivity index (χ0v) is 10.4. The van der Waals surface area contributed by atoms with Crippen LogP contribution in [0.4, 0.5) is 11.4 Å². The fourth-order valence-electron chi connectivity index (χ4n) is 2.03. The second-order valence-electron chi connectivity index (χ2n) is 4.00. The van der Waals surface area contributed by atoms with Crippen LogP contribution in [-0.4, -0.2) is 13.7 Å². The van der Waals surface area contributed by atoms with Crippen molar-refractivity contribution in [3.63, 3.8) is 0 Å². The minimum atomic E-state index is 0.357. The molecule has 0 aliphatic carbocycles. The van der Waals surface area contributed by atoms with Crippen molar-refractivity contribution in [3.05, 3.63) is 40.6 Å². The number of fused-ring (bicyclic) bond motifs is 1. The van der Waals surface area contributed by atoms with Gasteiger partial charge < -0.3 is 15.4 Å². The molecule has 2 heterocycles. The second kappa shape index (κ2) is 4.30. The topological polar surface area (TPSA) is 33.3 Å². The Morgan fingerprint density at radius 1 is 1.29 bits per heavy atom. The van der Waals surface area contributed by atoms with Crippen LogP contribution in [0.5, 0.6) is 5.75 Å². The molecular formula is C13H14N2OS. The Labute approximate surface area is 104 Å². The van der Waals surface area contributed by atoms with Crippen LogP contribution in [0.25, 0.3) is 0 Å². The van der Waals surface area contributed by atoms with Crippen LogP contribution in [0.3, 0.4) is 0 Å². The number of ether oxygens (including phenoxy) is 1. The molecule has 0 saturated heterocycles. The molecule has 1 aliphatic rings. The van der Waals surface area contributed by atoms with Crippen LogP contribution < -0.4 is 15.4 Å². The van der Waals surface area contributed by atoms with E-state index in [0.717, 1.165) is 23.7 Å². The van der Waals surface area contributed by atoms with E-state index in [0.29, 0.717) is 6.04 Å². The number of thiophene rings is 1. The summed E-state index contributed by atoms with van der Waals surface area (Å²) in [6.07, 6.45) is 0. The minimum absolute atomic E-state index is 0.357.